The zero-order valence-electron chi connectivity index (χ0n) is 56.1. The van der Waals surface area contributed by atoms with Gasteiger partial charge in [-0.2, -0.15) is 0 Å². The van der Waals surface area contributed by atoms with Crippen molar-refractivity contribution in [1.82, 2.24) is 5.32 Å². The van der Waals surface area contributed by atoms with Gasteiger partial charge in [0.15, 0.2) is 12.4 Å². The van der Waals surface area contributed by atoms with Crippen LogP contribution in [-0.4, -0.2) is 99.6 Å². The molecule has 1 saturated heterocycles. The summed E-state index contributed by atoms with van der Waals surface area (Å²) in [5, 5.41) is 57.2. The summed E-state index contributed by atoms with van der Waals surface area (Å²) in [6.45, 7) is 5.68. The van der Waals surface area contributed by atoms with Crippen LogP contribution < -0.4 is 5.32 Å². The number of carbonyl (C=O) groups excluding carboxylic acids is 2. The first-order chi connectivity index (χ1) is 42.7. The van der Waals surface area contributed by atoms with Crippen molar-refractivity contribution < 1.29 is 49.3 Å². The third-order valence-electron chi connectivity index (χ3n) is 16.8. The van der Waals surface area contributed by atoms with Gasteiger partial charge in [-0.05, 0) is 77.0 Å². The first-order valence-electron chi connectivity index (χ1n) is 36.4. The molecular formula is C76H135NO10. The van der Waals surface area contributed by atoms with Crippen LogP contribution in [0.5, 0.6) is 0 Å². The van der Waals surface area contributed by atoms with E-state index in [1.54, 1.807) is 6.08 Å². The zero-order chi connectivity index (χ0) is 63.1. The Hall–Kier alpha value is -3.16. The molecule has 1 fully saturated rings. The van der Waals surface area contributed by atoms with Crippen molar-refractivity contribution in [2.45, 2.75) is 372 Å². The van der Waals surface area contributed by atoms with Crippen LogP contribution in [0.15, 0.2) is 85.1 Å². The van der Waals surface area contributed by atoms with Crippen LogP contribution in [0.2, 0.25) is 0 Å². The number of esters is 1. The third-order valence-corrected chi connectivity index (χ3v) is 16.8. The molecule has 6 N–H and O–H groups in total. The Kier molecular flexibility index (Phi) is 59.3. The SMILES string of the molecule is CC/C=C\C/C=C\C/C=C\C/C=C\C/C=C\C/C=C\CCCCC(=O)OC1C(OCC(NC(=O)C(O)CCCCCCCCCCCCCCCCCCCCCCCCCCCC)C(O)/C=C/CCCCCCCCCCC)OC(CO)C(O)C1O. The number of aliphatic hydroxyl groups is 5. The number of aliphatic hydroxyl groups excluding tert-OH is 5. The van der Waals surface area contributed by atoms with E-state index in [4.69, 9.17) is 14.2 Å². The number of hydrogen-bond donors (Lipinski definition) is 6. The molecule has 0 aromatic heterocycles. The van der Waals surface area contributed by atoms with Crippen LogP contribution in [0.1, 0.15) is 323 Å². The number of carbonyl (C=O) groups is 2. The lowest BCUT2D eigenvalue weighted by Crippen LogP contribution is -2.61. The molecular weight excluding hydrogens is 1090 g/mol. The average molecular weight is 1220 g/mol. The maximum Gasteiger partial charge on any atom is 0.306 e. The van der Waals surface area contributed by atoms with Gasteiger partial charge in [-0.25, -0.2) is 0 Å². The normalized spacial score (nSPS) is 18.7. The molecule has 0 bridgehead atoms. The van der Waals surface area contributed by atoms with Crippen molar-refractivity contribution in [2.75, 3.05) is 13.2 Å². The average Bonchev–Trinajstić information content (AvgIpc) is 3.60. The Labute approximate surface area is 533 Å². The van der Waals surface area contributed by atoms with Gasteiger partial charge in [0.2, 0.25) is 5.91 Å². The van der Waals surface area contributed by atoms with E-state index in [0.29, 0.717) is 12.8 Å². The summed E-state index contributed by atoms with van der Waals surface area (Å²) in [4.78, 5) is 26.7. The summed E-state index contributed by atoms with van der Waals surface area (Å²) in [5.74, 6) is -1.23. The number of amides is 1. The Balaban J connectivity index is 2.55. The van der Waals surface area contributed by atoms with Crippen LogP contribution >= 0.6 is 0 Å². The second kappa shape index (κ2) is 63.0. The molecule has 0 saturated carbocycles. The fourth-order valence-electron chi connectivity index (χ4n) is 11.1. The van der Waals surface area contributed by atoms with Gasteiger partial charge in [-0.3, -0.25) is 9.59 Å². The van der Waals surface area contributed by atoms with Crippen LogP contribution in [0.25, 0.3) is 0 Å². The highest BCUT2D eigenvalue weighted by molar-refractivity contribution is 5.80. The van der Waals surface area contributed by atoms with E-state index in [0.717, 1.165) is 89.9 Å². The van der Waals surface area contributed by atoms with Gasteiger partial charge in [0.25, 0.3) is 0 Å². The van der Waals surface area contributed by atoms with E-state index in [2.05, 4.69) is 99.0 Å². The first-order valence-corrected chi connectivity index (χ1v) is 36.4. The van der Waals surface area contributed by atoms with Crippen molar-refractivity contribution >= 4 is 11.9 Å². The molecule has 0 aromatic carbocycles. The molecule has 87 heavy (non-hydrogen) atoms. The summed E-state index contributed by atoms with van der Waals surface area (Å²) in [7, 11) is 0. The predicted molar refractivity (Wildman–Crippen MR) is 366 cm³/mol. The Bertz CT molecular complexity index is 1740. The van der Waals surface area contributed by atoms with E-state index in [-0.39, 0.29) is 19.4 Å². The highest BCUT2D eigenvalue weighted by Gasteiger charge is 2.47. The van der Waals surface area contributed by atoms with Gasteiger partial charge in [-0.1, -0.05) is 324 Å². The van der Waals surface area contributed by atoms with Crippen molar-refractivity contribution in [2.24, 2.45) is 0 Å². The maximum absolute atomic E-state index is 13.5. The lowest BCUT2D eigenvalue weighted by molar-refractivity contribution is -0.305. The summed E-state index contributed by atoms with van der Waals surface area (Å²) < 4.78 is 17.6. The van der Waals surface area contributed by atoms with Gasteiger partial charge in [0, 0.05) is 6.42 Å². The summed E-state index contributed by atoms with van der Waals surface area (Å²) in [5.41, 5.74) is 0. The maximum atomic E-state index is 13.5. The molecule has 1 aliphatic heterocycles. The molecule has 0 aromatic rings. The Morgan fingerprint density at radius 1 is 0.460 bits per heavy atom. The summed E-state index contributed by atoms with van der Waals surface area (Å²) in [6.07, 6.45) is 73.6. The topological polar surface area (TPSA) is 175 Å². The minimum absolute atomic E-state index is 0.0663. The number of rotatable bonds is 62. The lowest BCUT2D eigenvalue weighted by atomic mass is 9.99. The van der Waals surface area contributed by atoms with Gasteiger partial charge >= 0.3 is 5.97 Å². The number of allylic oxidation sites excluding steroid dienone is 13. The van der Waals surface area contributed by atoms with E-state index in [1.165, 1.54) is 186 Å². The van der Waals surface area contributed by atoms with E-state index >= 15 is 0 Å². The Morgan fingerprint density at radius 3 is 1.24 bits per heavy atom. The monoisotopic (exact) mass is 1220 g/mol. The van der Waals surface area contributed by atoms with E-state index in [1.807, 2.05) is 6.08 Å². The van der Waals surface area contributed by atoms with Gasteiger partial charge in [0.05, 0.1) is 25.4 Å². The lowest BCUT2D eigenvalue weighted by Gasteiger charge is -2.41. The number of unbranched alkanes of at least 4 members (excludes halogenated alkanes) is 36. The number of ether oxygens (including phenoxy) is 3. The fourth-order valence-corrected chi connectivity index (χ4v) is 11.1. The van der Waals surface area contributed by atoms with Crippen LogP contribution in [0, 0.1) is 0 Å². The molecule has 11 heteroatoms. The molecule has 1 amide bonds. The first kappa shape index (κ1) is 81.9. The predicted octanol–water partition coefficient (Wildman–Crippen LogP) is 18.8. The molecule has 11 nitrogen and oxygen atoms in total. The van der Waals surface area contributed by atoms with Crippen LogP contribution in [0.4, 0.5) is 0 Å². The minimum atomic E-state index is -1.64. The minimum Gasteiger partial charge on any atom is -0.454 e. The fraction of sp³-hybridized carbons (Fsp3) is 0.789. The van der Waals surface area contributed by atoms with Crippen molar-refractivity contribution in [3.05, 3.63) is 85.1 Å². The molecule has 1 heterocycles. The highest BCUT2D eigenvalue weighted by atomic mass is 16.7. The van der Waals surface area contributed by atoms with Crippen molar-refractivity contribution in [3.63, 3.8) is 0 Å². The van der Waals surface area contributed by atoms with Gasteiger partial charge in [-0.15, -0.1) is 0 Å². The summed E-state index contributed by atoms with van der Waals surface area (Å²) >= 11 is 0. The van der Waals surface area contributed by atoms with Gasteiger partial charge in [0.1, 0.15) is 24.4 Å². The molecule has 0 aliphatic carbocycles. The number of hydrogen-bond acceptors (Lipinski definition) is 10. The standard InChI is InChI=1S/C76H135NO10/c1-4-7-10-13-16-19-22-24-26-28-30-32-33-34-35-36-38-39-41-43-45-48-51-54-57-60-63-69(80)75(84)77-67(68(79)62-59-56-53-50-47-21-18-15-12-9-6-3)66-85-76-74(73(83)72(82)70(65-78)86-76)87-71(81)64-61-58-55-52-49-46-44-42-40-37-31-29-27-25-23-20-17-14-11-8-5-2/h8,11,17,20,25,27,31,37,42,44,49,52,59,62,67-70,72-74,76,78-80,82-83H,4-7,9-10,12-16,18-19,21-24,26,28-30,32-36,38-41,43,45-48,50-51,53-58,60-61,63-66H2,1-3H3,(H,77,84)/b11-8-,20-17-,27-25-,37-31-,44-42-,52-49-,62-59+. The molecule has 504 valence electrons. The Morgan fingerprint density at radius 2 is 0.828 bits per heavy atom. The zero-order valence-corrected chi connectivity index (χ0v) is 56.1. The molecule has 1 rings (SSSR count). The highest BCUT2D eigenvalue weighted by Crippen LogP contribution is 2.26. The van der Waals surface area contributed by atoms with E-state index in [9.17, 15) is 35.1 Å². The second-order valence-corrected chi connectivity index (χ2v) is 24.9. The van der Waals surface area contributed by atoms with Gasteiger partial charge < -0.3 is 45.1 Å². The van der Waals surface area contributed by atoms with Crippen LogP contribution in [-0.2, 0) is 23.8 Å². The molecule has 8 unspecified atom stereocenters. The van der Waals surface area contributed by atoms with Crippen molar-refractivity contribution in [1.29, 1.82) is 0 Å². The molecule has 8 atom stereocenters. The quantitative estimate of drug-likeness (QED) is 0.0195. The largest absolute Gasteiger partial charge is 0.454 e. The van der Waals surface area contributed by atoms with Crippen molar-refractivity contribution in [3.8, 4) is 0 Å². The third kappa shape index (κ3) is 50.2. The van der Waals surface area contributed by atoms with Crippen LogP contribution in [0.3, 0.4) is 0 Å². The molecule has 0 radical (unpaired) electrons. The summed E-state index contributed by atoms with van der Waals surface area (Å²) in [6, 6.07) is -1.04. The molecule has 0 spiro atoms. The number of nitrogens with one attached hydrogen (secondary N) is 1. The smallest absolute Gasteiger partial charge is 0.306 e. The second-order valence-electron chi connectivity index (χ2n) is 24.9. The molecule has 1 aliphatic rings. The van der Waals surface area contributed by atoms with E-state index < -0.39 is 67.4 Å².